The van der Waals surface area contributed by atoms with Gasteiger partial charge in [-0.1, -0.05) is 18.6 Å². The number of aryl methyl sites for hydroxylation is 1. The van der Waals surface area contributed by atoms with Crippen molar-refractivity contribution in [3.05, 3.63) is 29.3 Å². The molecule has 1 aromatic rings. The zero-order valence-corrected chi connectivity index (χ0v) is 14.2. The Labute approximate surface area is 141 Å². The Kier molecular flexibility index (Phi) is 4.39. The molecule has 24 heavy (non-hydrogen) atoms. The molecule has 3 rings (SSSR count). The lowest BCUT2D eigenvalue weighted by Gasteiger charge is -2.23. The van der Waals surface area contributed by atoms with Crippen LogP contribution in [-0.2, 0) is 11.3 Å². The van der Waals surface area contributed by atoms with Crippen molar-refractivity contribution in [2.45, 2.75) is 32.7 Å². The fourth-order valence-corrected chi connectivity index (χ4v) is 4.06. The number of ether oxygens (including phenoxy) is 1. The van der Waals surface area contributed by atoms with E-state index in [-0.39, 0.29) is 11.9 Å². The monoisotopic (exact) mass is 332 g/mol. The fourth-order valence-electron chi connectivity index (χ4n) is 4.06. The number of benzene rings is 1. The molecule has 1 saturated carbocycles. The standard InChI is InChI=1S/C18H24N2O4/c1-12-5-6-13(8-15(12)24-2)9-19-17(23)20-10-14-4-3-7-18(14,11-20)16(21)22/h5-6,8,14H,3-4,7,9-11H2,1-2H3,(H,19,23)(H,21,22)/t14-,18+/m0/s1. The third kappa shape index (κ3) is 2.81. The summed E-state index contributed by atoms with van der Waals surface area (Å²) in [4.78, 5) is 25.8. The molecule has 1 saturated heterocycles. The van der Waals surface area contributed by atoms with Gasteiger partial charge in [-0.05, 0) is 42.9 Å². The van der Waals surface area contributed by atoms with Gasteiger partial charge in [-0.25, -0.2) is 4.79 Å². The van der Waals surface area contributed by atoms with Gasteiger partial charge < -0.3 is 20.1 Å². The van der Waals surface area contributed by atoms with Gasteiger partial charge in [0.2, 0.25) is 0 Å². The minimum absolute atomic E-state index is 0.0835. The number of carbonyl (C=O) groups is 2. The van der Waals surface area contributed by atoms with E-state index in [4.69, 9.17) is 4.74 Å². The molecule has 2 fully saturated rings. The van der Waals surface area contributed by atoms with Crippen LogP contribution in [0.3, 0.4) is 0 Å². The van der Waals surface area contributed by atoms with Crippen molar-refractivity contribution in [2.24, 2.45) is 11.3 Å². The Bertz CT molecular complexity index is 660. The third-order valence-electron chi connectivity index (χ3n) is 5.50. The largest absolute Gasteiger partial charge is 0.496 e. The average molecular weight is 332 g/mol. The molecular weight excluding hydrogens is 308 g/mol. The zero-order chi connectivity index (χ0) is 17.3. The molecular formula is C18H24N2O4. The highest BCUT2D eigenvalue weighted by Crippen LogP contribution is 2.48. The van der Waals surface area contributed by atoms with Crippen molar-refractivity contribution in [2.75, 3.05) is 20.2 Å². The topological polar surface area (TPSA) is 78.9 Å². The van der Waals surface area contributed by atoms with Crippen molar-refractivity contribution in [3.8, 4) is 5.75 Å². The summed E-state index contributed by atoms with van der Waals surface area (Å²) in [6.07, 6.45) is 2.51. The van der Waals surface area contributed by atoms with Crippen LogP contribution in [0.1, 0.15) is 30.4 Å². The number of carboxylic acid groups (broad SMARTS) is 1. The van der Waals surface area contributed by atoms with Crippen molar-refractivity contribution in [3.63, 3.8) is 0 Å². The van der Waals surface area contributed by atoms with Crippen molar-refractivity contribution in [1.29, 1.82) is 0 Å². The number of carbonyl (C=O) groups excluding carboxylic acids is 1. The highest BCUT2D eigenvalue weighted by Gasteiger charge is 2.55. The molecule has 2 N–H and O–H groups in total. The lowest BCUT2D eigenvalue weighted by molar-refractivity contribution is -0.149. The Hall–Kier alpha value is -2.24. The number of nitrogens with zero attached hydrogens (tertiary/aromatic N) is 1. The highest BCUT2D eigenvalue weighted by molar-refractivity contribution is 5.80. The second-order valence-corrected chi connectivity index (χ2v) is 6.89. The first-order valence-electron chi connectivity index (χ1n) is 8.36. The summed E-state index contributed by atoms with van der Waals surface area (Å²) >= 11 is 0. The van der Waals surface area contributed by atoms with Crippen LogP contribution in [0, 0.1) is 18.3 Å². The zero-order valence-electron chi connectivity index (χ0n) is 14.2. The summed E-state index contributed by atoms with van der Waals surface area (Å²) in [6.45, 7) is 3.22. The smallest absolute Gasteiger partial charge is 0.317 e. The van der Waals surface area contributed by atoms with E-state index in [1.54, 1.807) is 12.0 Å². The molecule has 1 aromatic carbocycles. The number of rotatable bonds is 4. The first-order valence-corrected chi connectivity index (χ1v) is 8.36. The Morgan fingerprint density at radius 3 is 2.92 bits per heavy atom. The Morgan fingerprint density at radius 1 is 1.46 bits per heavy atom. The van der Waals surface area contributed by atoms with Gasteiger partial charge in [-0.2, -0.15) is 0 Å². The third-order valence-corrected chi connectivity index (χ3v) is 5.50. The van der Waals surface area contributed by atoms with Gasteiger partial charge in [0.15, 0.2) is 0 Å². The number of hydrogen-bond acceptors (Lipinski definition) is 3. The molecule has 6 nitrogen and oxygen atoms in total. The number of fused-ring (bicyclic) bond motifs is 1. The normalized spacial score (nSPS) is 25.4. The van der Waals surface area contributed by atoms with E-state index in [1.807, 2.05) is 25.1 Å². The Morgan fingerprint density at radius 2 is 2.25 bits per heavy atom. The van der Waals surface area contributed by atoms with Crippen molar-refractivity contribution >= 4 is 12.0 Å². The number of methoxy groups -OCH3 is 1. The van der Waals surface area contributed by atoms with Gasteiger partial charge in [0.25, 0.3) is 0 Å². The van der Waals surface area contributed by atoms with Crippen LogP contribution in [0.2, 0.25) is 0 Å². The van der Waals surface area contributed by atoms with Crippen LogP contribution >= 0.6 is 0 Å². The predicted octanol–water partition coefficient (Wildman–Crippen LogP) is 2.40. The second kappa shape index (κ2) is 6.34. The van der Waals surface area contributed by atoms with Crippen LogP contribution in [-0.4, -0.2) is 42.2 Å². The van der Waals surface area contributed by atoms with Crippen LogP contribution in [0.25, 0.3) is 0 Å². The van der Waals surface area contributed by atoms with Crippen molar-refractivity contribution < 1.29 is 19.4 Å². The minimum atomic E-state index is -0.761. The molecule has 2 aliphatic rings. The summed E-state index contributed by atoms with van der Waals surface area (Å²) in [5, 5.41) is 12.5. The summed E-state index contributed by atoms with van der Waals surface area (Å²) in [7, 11) is 1.62. The molecule has 2 amide bonds. The fraction of sp³-hybridized carbons (Fsp3) is 0.556. The number of urea groups is 1. The SMILES string of the molecule is COc1cc(CNC(=O)N2C[C@@H]3CCC[C@@]3(C(=O)O)C2)ccc1C. The van der Waals surface area contributed by atoms with E-state index >= 15 is 0 Å². The predicted molar refractivity (Wildman–Crippen MR) is 88.9 cm³/mol. The second-order valence-electron chi connectivity index (χ2n) is 6.89. The van der Waals surface area contributed by atoms with Gasteiger partial charge in [0.05, 0.1) is 12.5 Å². The number of carboxylic acids is 1. The van der Waals surface area contributed by atoms with Gasteiger partial charge in [0, 0.05) is 19.6 Å². The van der Waals surface area contributed by atoms with E-state index in [9.17, 15) is 14.7 Å². The number of amides is 2. The molecule has 130 valence electrons. The summed E-state index contributed by atoms with van der Waals surface area (Å²) in [5.41, 5.74) is 1.27. The number of aliphatic carboxylic acids is 1. The quantitative estimate of drug-likeness (QED) is 0.887. The highest BCUT2D eigenvalue weighted by atomic mass is 16.5. The molecule has 1 heterocycles. The first-order chi connectivity index (χ1) is 11.5. The average Bonchev–Trinajstić information content (AvgIpc) is 3.12. The van der Waals surface area contributed by atoms with Gasteiger partial charge >= 0.3 is 12.0 Å². The van der Waals surface area contributed by atoms with Gasteiger partial charge in [-0.3, -0.25) is 4.79 Å². The minimum Gasteiger partial charge on any atom is -0.496 e. The maximum atomic E-state index is 12.4. The van der Waals surface area contributed by atoms with Crippen molar-refractivity contribution in [1.82, 2.24) is 10.2 Å². The molecule has 1 aliphatic heterocycles. The van der Waals surface area contributed by atoms with Gasteiger partial charge in [-0.15, -0.1) is 0 Å². The van der Waals surface area contributed by atoms with Crippen LogP contribution < -0.4 is 10.1 Å². The van der Waals surface area contributed by atoms with Crippen LogP contribution in [0.4, 0.5) is 4.79 Å². The molecule has 0 radical (unpaired) electrons. The lowest BCUT2D eigenvalue weighted by atomic mass is 9.81. The van der Waals surface area contributed by atoms with E-state index < -0.39 is 11.4 Å². The molecule has 0 spiro atoms. The number of nitrogens with one attached hydrogen (secondary N) is 1. The van der Waals surface area contributed by atoms with E-state index in [2.05, 4.69) is 5.32 Å². The lowest BCUT2D eigenvalue weighted by Crippen LogP contribution is -2.41. The van der Waals surface area contributed by atoms with Crippen LogP contribution in [0.15, 0.2) is 18.2 Å². The van der Waals surface area contributed by atoms with E-state index in [1.165, 1.54) is 0 Å². The molecule has 0 unspecified atom stereocenters. The summed E-state index contributed by atoms with van der Waals surface area (Å²) < 4.78 is 5.29. The summed E-state index contributed by atoms with van der Waals surface area (Å²) in [6, 6.07) is 5.63. The molecule has 0 aromatic heterocycles. The van der Waals surface area contributed by atoms with E-state index in [0.717, 1.165) is 29.7 Å². The molecule has 0 bridgehead atoms. The molecule has 2 atom stereocenters. The van der Waals surface area contributed by atoms with Crippen LogP contribution in [0.5, 0.6) is 5.75 Å². The first kappa shape index (κ1) is 16.6. The molecule has 1 aliphatic carbocycles. The number of likely N-dealkylation sites (tertiary alicyclic amines) is 1. The number of hydrogen-bond donors (Lipinski definition) is 2. The van der Waals surface area contributed by atoms with Gasteiger partial charge in [0.1, 0.15) is 5.75 Å². The summed E-state index contributed by atoms with van der Waals surface area (Å²) in [5.74, 6) is 0.117. The van der Waals surface area contributed by atoms with E-state index in [0.29, 0.717) is 26.1 Å². The maximum Gasteiger partial charge on any atom is 0.317 e. The molecule has 6 heteroatoms. The Balaban J connectivity index is 1.61. The maximum absolute atomic E-state index is 12.4.